The smallest absolute Gasteiger partial charge is 0.306 e. The van der Waals surface area contributed by atoms with Gasteiger partial charge < -0.3 is 15.7 Å². The van der Waals surface area contributed by atoms with Gasteiger partial charge in [-0.25, -0.2) is 0 Å². The van der Waals surface area contributed by atoms with Crippen LogP contribution in [0.5, 0.6) is 0 Å². The minimum Gasteiger partial charge on any atom is -0.481 e. The second-order valence-electron chi connectivity index (χ2n) is 5.31. The molecule has 2 rings (SSSR count). The summed E-state index contributed by atoms with van der Waals surface area (Å²) in [6.07, 6.45) is 3.17. The molecule has 0 spiro atoms. The zero-order valence-corrected chi connectivity index (χ0v) is 13.8. The molecule has 21 heavy (non-hydrogen) atoms. The van der Waals surface area contributed by atoms with E-state index in [9.17, 15) is 9.59 Å². The van der Waals surface area contributed by atoms with E-state index in [1.807, 2.05) is 24.3 Å². The summed E-state index contributed by atoms with van der Waals surface area (Å²) < 4.78 is 0.993. The van der Waals surface area contributed by atoms with Crippen molar-refractivity contribution in [3.05, 3.63) is 27.8 Å². The molecule has 1 aliphatic rings. The number of para-hydroxylation sites is 1. The number of amides is 1. The molecule has 6 heteroatoms. The Balaban J connectivity index is 1.79. The molecular formula is C15H19IN2O3. The number of carbonyl (C=O) groups is 2. The molecule has 3 N–H and O–H groups in total. The number of halogens is 1. The largest absolute Gasteiger partial charge is 0.481 e. The van der Waals surface area contributed by atoms with E-state index < -0.39 is 5.97 Å². The van der Waals surface area contributed by atoms with Gasteiger partial charge in [-0.2, -0.15) is 0 Å². The number of benzene rings is 1. The van der Waals surface area contributed by atoms with Crippen LogP contribution in [0, 0.1) is 9.49 Å². The van der Waals surface area contributed by atoms with Gasteiger partial charge in [0.05, 0.1) is 18.2 Å². The predicted molar refractivity (Wildman–Crippen MR) is 89.2 cm³/mol. The molecular weight excluding hydrogens is 383 g/mol. The molecule has 1 amide bonds. The third-order valence-electron chi connectivity index (χ3n) is 3.72. The van der Waals surface area contributed by atoms with Gasteiger partial charge in [0.2, 0.25) is 5.91 Å². The van der Waals surface area contributed by atoms with E-state index in [-0.39, 0.29) is 24.4 Å². The second kappa shape index (κ2) is 7.74. The molecule has 0 radical (unpaired) electrons. The van der Waals surface area contributed by atoms with Crippen molar-refractivity contribution in [2.45, 2.75) is 31.7 Å². The Labute approximate surface area is 137 Å². The van der Waals surface area contributed by atoms with Gasteiger partial charge in [-0.1, -0.05) is 18.6 Å². The van der Waals surface area contributed by atoms with Gasteiger partial charge in [-0.15, -0.1) is 0 Å². The molecule has 0 aliphatic heterocycles. The van der Waals surface area contributed by atoms with Crippen LogP contribution < -0.4 is 10.6 Å². The highest BCUT2D eigenvalue weighted by Crippen LogP contribution is 2.24. The fourth-order valence-electron chi connectivity index (χ4n) is 2.59. The maximum atomic E-state index is 11.9. The molecule has 1 saturated carbocycles. The van der Waals surface area contributed by atoms with Gasteiger partial charge in [0.25, 0.3) is 0 Å². The summed E-state index contributed by atoms with van der Waals surface area (Å²) in [6, 6.07) is 7.71. The van der Waals surface area contributed by atoms with Gasteiger partial charge in [0.1, 0.15) is 0 Å². The second-order valence-corrected chi connectivity index (χ2v) is 6.47. The average Bonchev–Trinajstić information content (AvgIpc) is 2.48. The lowest BCUT2D eigenvalue weighted by atomic mass is 9.86. The first kappa shape index (κ1) is 16.2. The van der Waals surface area contributed by atoms with Crippen molar-refractivity contribution in [3.63, 3.8) is 0 Å². The molecule has 1 fully saturated rings. The van der Waals surface area contributed by atoms with E-state index in [0.29, 0.717) is 6.42 Å². The van der Waals surface area contributed by atoms with Crippen molar-refractivity contribution in [1.82, 2.24) is 5.32 Å². The molecule has 0 heterocycles. The van der Waals surface area contributed by atoms with Gasteiger partial charge in [-0.05, 0) is 54.0 Å². The number of carbonyl (C=O) groups excluding carboxylic acids is 1. The van der Waals surface area contributed by atoms with E-state index in [4.69, 9.17) is 5.11 Å². The lowest BCUT2D eigenvalue weighted by Crippen LogP contribution is -2.40. The van der Waals surface area contributed by atoms with E-state index in [2.05, 4.69) is 33.2 Å². The van der Waals surface area contributed by atoms with Crippen LogP contribution in [0.3, 0.4) is 0 Å². The summed E-state index contributed by atoms with van der Waals surface area (Å²) in [5.41, 5.74) is 0.803. The van der Waals surface area contributed by atoms with Crippen molar-refractivity contribution in [3.8, 4) is 0 Å². The Bertz CT molecular complexity index is 521. The molecule has 1 aromatic carbocycles. The first-order valence-corrected chi connectivity index (χ1v) is 8.14. The predicted octanol–water partition coefficient (Wildman–Crippen LogP) is 2.46. The molecule has 0 saturated heterocycles. The molecule has 0 aromatic heterocycles. The molecule has 114 valence electrons. The number of rotatable bonds is 5. The third-order valence-corrected chi connectivity index (χ3v) is 4.66. The number of carboxylic acid groups (broad SMARTS) is 1. The van der Waals surface area contributed by atoms with Crippen LogP contribution in [0.1, 0.15) is 25.7 Å². The summed E-state index contributed by atoms with van der Waals surface area (Å²) in [5, 5.41) is 15.1. The van der Waals surface area contributed by atoms with E-state index in [1.54, 1.807) is 0 Å². The highest BCUT2D eigenvalue weighted by molar-refractivity contribution is 14.1. The molecule has 1 aliphatic carbocycles. The van der Waals surface area contributed by atoms with E-state index >= 15 is 0 Å². The van der Waals surface area contributed by atoms with Gasteiger partial charge in [0, 0.05) is 9.61 Å². The first-order chi connectivity index (χ1) is 10.1. The number of hydrogen-bond acceptors (Lipinski definition) is 3. The van der Waals surface area contributed by atoms with Crippen LogP contribution in [0.4, 0.5) is 5.69 Å². The van der Waals surface area contributed by atoms with Crippen LogP contribution in [0.15, 0.2) is 24.3 Å². The van der Waals surface area contributed by atoms with Crippen molar-refractivity contribution in [1.29, 1.82) is 0 Å². The summed E-state index contributed by atoms with van der Waals surface area (Å²) in [7, 11) is 0. The highest BCUT2D eigenvalue weighted by atomic mass is 127. The Hall–Kier alpha value is -1.15. The van der Waals surface area contributed by atoms with Crippen LogP contribution in [-0.4, -0.2) is 29.6 Å². The van der Waals surface area contributed by atoms with Crippen molar-refractivity contribution >= 4 is 40.2 Å². The van der Waals surface area contributed by atoms with Crippen molar-refractivity contribution in [2.24, 2.45) is 5.92 Å². The molecule has 5 nitrogen and oxygen atoms in total. The minimum absolute atomic E-state index is 0.100. The van der Waals surface area contributed by atoms with E-state index in [1.165, 1.54) is 0 Å². The number of hydrogen-bond donors (Lipinski definition) is 3. The van der Waals surface area contributed by atoms with Gasteiger partial charge in [-0.3, -0.25) is 9.59 Å². The fraction of sp³-hybridized carbons (Fsp3) is 0.467. The third kappa shape index (κ3) is 4.96. The Morgan fingerprint density at radius 1 is 1.29 bits per heavy atom. The van der Waals surface area contributed by atoms with Crippen molar-refractivity contribution in [2.75, 3.05) is 11.9 Å². The van der Waals surface area contributed by atoms with Crippen LogP contribution in [-0.2, 0) is 9.59 Å². The van der Waals surface area contributed by atoms with Crippen molar-refractivity contribution < 1.29 is 14.7 Å². The molecule has 2 atom stereocenters. The monoisotopic (exact) mass is 402 g/mol. The SMILES string of the molecule is O=C(CNC1CCCC(C(=O)O)C1)Nc1ccccc1I. The maximum absolute atomic E-state index is 11.9. The fourth-order valence-corrected chi connectivity index (χ4v) is 3.12. The number of nitrogens with one attached hydrogen (secondary N) is 2. The van der Waals surface area contributed by atoms with Gasteiger partial charge in [0.15, 0.2) is 0 Å². The minimum atomic E-state index is -0.732. The summed E-state index contributed by atoms with van der Waals surface area (Å²) >= 11 is 2.17. The highest BCUT2D eigenvalue weighted by Gasteiger charge is 2.26. The lowest BCUT2D eigenvalue weighted by Gasteiger charge is -2.27. The maximum Gasteiger partial charge on any atom is 0.306 e. The number of carboxylic acids is 1. The first-order valence-electron chi connectivity index (χ1n) is 7.07. The molecule has 2 unspecified atom stereocenters. The zero-order chi connectivity index (χ0) is 15.2. The average molecular weight is 402 g/mol. The van der Waals surface area contributed by atoms with Crippen LogP contribution in [0.2, 0.25) is 0 Å². The van der Waals surface area contributed by atoms with Crippen LogP contribution >= 0.6 is 22.6 Å². The van der Waals surface area contributed by atoms with Gasteiger partial charge >= 0.3 is 5.97 Å². The number of aliphatic carboxylic acids is 1. The van der Waals surface area contributed by atoms with E-state index in [0.717, 1.165) is 28.5 Å². The lowest BCUT2D eigenvalue weighted by molar-refractivity contribution is -0.143. The quantitative estimate of drug-likeness (QED) is 0.662. The van der Waals surface area contributed by atoms with Crippen LogP contribution in [0.25, 0.3) is 0 Å². The standard InChI is InChI=1S/C15H19IN2O3/c16-12-6-1-2-7-13(12)18-14(19)9-17-11-5-3-4-10(8-11)15(20)21/h1-2,6-7,10-11,17H,3-5,8-9H2,(H,18,19)(H,20,21). The summed E-state index contributed by atoms with van der Waals surface area (Å²) in [6.45, 7) is 0.210. The Morgan fingerprint density at radius 3 is 2.76 bits per heavy atom. The topological polar surface area (TPSA) is 78.4 Å². The number of anilines is 1. The zero-order valence-electron chi connectivity index (χ0n) is 11.6. The Kier molecular flexibility index (Phi) is 5.98. The molecule has 0 bridgehead atoms. The summed E-state index contributed by atoms with van der Waals surface area (Å²) in [5.74, 6) is -1.12. The summed E-state index contributed by atoms with van der Waals surface area (Å²) in [4.78, 5) is 22.9. The molecule has 1 aromatic rings. The Morgan fingerprint density at radius 2 is 2.05 bits per heavy atom. The normalized spacial score (nSPS) is 21.8.